The van der Waals surface area contributed by atoms with Crippen LogP contribution in [0.4, 0.5) is 0 Å². The molecule has 1 atom stereocenters. The van der Waals surface area contributed by atoms with Gasteiger partial charge in [-0.1, -0.05) is 17.9 Å². The molecule has 0 aliphatic carbocycles. The van der Waals surface area contributed by atoms with Crippen LogP contribution in [0.25, 0.3) is 0 Å². The Morgan fingerprint density at radius 1 is 1.38 bits per heavy atom. The van der Waals surface area contributed by atoms with E-state index in [-0.39, 0.29) is 0 Å². The Morgan fingerprint density at radius 3 is 3.00 bits per heavy atom. The van der Waals surface area contributed by atoms with Crippen molar-refractivity contribution in [3.63, 3.8) is 0 Å². The Bertz CT molecular complexity index is 506. The first-order valence-electron chi connectivity index (χ1n) is 7.53. The summed E-state index contributed by atoms with van der Waals surface area (Å²) in [6.45, 7) is 7.71. The lowest BCUT2D eigenvalue weighted by Gasteiger charge is -2.38. The first-order chi connectivity index (χ1) is 10.2. The van der Waals surface area contributed by atoms with E-state index in [4.69, 9.17) is 10.5 Å². The Kier molecular flexibility index (Phi) is 6.06. The maximum Gasteiger partial charge on any atom is 0.120 e. The molecule has 0 radical (unpaired) electrons. The Morgan fingerprint density at radius 2 is 2.24 bits per heavy atom. The van der Waals surface area contributed by atoms with Crippen molar-refractivity contribution in [1.82, 2.24) is 9.80 Å². The number of nitrogens with zero attached hydrogens (tertiary/aromatic N) is 2. The third-order valence-corrected chi connectivity index (χ3v) is 3.78. The van der Waals surface area contributed by atoms with Crippen molar-refractivity contribution in [2.24, 2.45) is 5.73 Å². The summed E-state index contributed by atoms with van der Waals surface area (Å²) in [5.41, 5.74) is 6.34. The molecule has 1 fully saturated rings. The molecule has 1 aliphatic rings. The highest BCUT2D eigenvalue weighted by molar-refractivity contribution is 5.39. The van der Waals surface area contributed by atoms with Crippen LogP contribution >= 0.6 is 0 Å². The molecule has 0 bridgehead atoms. The van der Waals surface area contributed by atoms with Crippen LogP contribution in [0, 0.1) is 11.8 Å². The van der Waals surface area contributed by atoms with Gasteiger partial charge in [-0.05, 0) is 32.2 Å². The van der Waals surface area contributed by atoms with Crippen molar-refractivity contribution in [1.29, 1.82) is 0 Å². The molecule has 1 unspecified atom stereocenters. The van der Waals surface area contributed by atoms with Crippen LogP contribution in [-0.4, -0.2) is 62.2 Å². The van der Waals surface area contributed by atoms with Gasteiger partial charge in [-0.25, -0.2) is 0 Å². The van der Waals surface area contributed by atoms with Crippen molar-refractivity contribution in [3.05, 3.63) is 29.8 Å². The number of piperazine rings is 1. The third kappa shape index (κ3) is 5.05. The summed E-state index contributed by atoms with van der Waals surface area (Å²) in [6.07, 6.45) is 0. The number of rotatable bonds is 4. The fraction of sp³-hybridized carbons (Fsp3) is 0.529. The molecule has 4 heteroatoms. The summed E-state index contributed by atoms with van der Waals surface area (Å²) >= 11 is 0. The van der Waals surface area contributed by atoms with Crippen LogP contribution in [0.3, 0.4) is 0 Å². The number of benzene rings is 1. The fourth-order valence-corrected chi connectivity index (χ4v) is 2.61. The molecule has 1 aromatic carbocycles. The van der Waals surface area contributed by atoms with Gasteiger partial charge in [0, 0.05) is 37.8 Å². The zero-order valence-corrected chi connectivity index (χ0v) is 13.0. The third-order valence-electron chi connectivity index (χ3n) is 3.78. The smallest absolute Gasteiger partial charge is 0.120 e. The Labute approximate surface area is 127 Å². The summed E-state index contributed by atoms with van der Waals surface area (Å²) in [7, 11) is 2.18. The fourth-order valence-electron chi connectivity index (χ4n) is 2.61. The molecule has 114 valence electrons. The summed E-state index contributed by atoms with van der Waals surface area (Å²) in [5, 5.41) is 0. The van der Waals surface area contributed by atoms with E-state index < -0.39 is 0 Å². The van der Waals surface area contributed by atoms with Gasteiger partial charge in [0.05, 0.1) is 6.54 Å². The largest absolute Gasteiger partial charge is 0.492 e. The van der Waals surface area contributed by atoms with Gasteiger partial charge >= 0.3 is 0 Å². The standard InChI is InChI=1S/C17H25N3O/c1-15-14-19(2)9-10-20(15)11-12-21-17-7-3-5-16(13-17)6-4-8-18/h3,5,7,13,15H,8-12,14,18H2,1-2H3. The second kappa shape index (κ2) is 8.04. The predicted octanol–water partition coefficient (Wildman–Crippen LogP) is 1.01. The van der Waals surface area contributed by atoms with Gasteiger partial charge in [0.15, 0.2) is 0 Å². The van der Waals surface area contributed by atoms with E-state index in [0.717, 1.165) is 37.5 Å². The monoisotopic (exact) mass is 287 g/mol. The second-order valence-corrected chi connectivity index (χ2v) is 5.53. The molecule has 1 aromatic rings. The summed E-state index contributed by atoms with van der Waals surface area (Å²) in [5.74, 6) is 6.76. The van der Waals surface area contributed by atoms with Crippen LogP contribution in [0.2, 0.25) is 0 Å². The van der Waals surface area contributed by atoms with E-state index in [0.29, 0.717) is 19.2 Å². The first-order valence-corrected chi connectivity index (χ1v) is 7.53. The van der Waals surface area contributed by atoms with E-state index in [9.17, 15) is 0 Å². The molecule has 0 amide bonds. The molecular formula is C17H25N3O. The van der Waals surface area contributed by atoms with Crippen LogP contribution in [0.15, 0.2) is 24.3 Å². The van der Waals surface area contributed by atoms with Crippen LogP contribution in [0.1, 0.15) is 12.5 Å². The van der Waals surface area contributed by atoms with Gasteiger partial charge in [0.25, 0.3) is 0 Å². The second-order valence-electron chi connectivity index (χ2n) is 5.53. The summed E-state index contributed by atoms with van der Waals surface area (Å²) in [6, 6.07) is 8.47. The van der Waals surface area contributed by atoms with Crippen molar-refractivity contribution in [2.45, 2.75) is 13.0 Å². The lowest BCUT2D eigenvalue weighted by Crippen LogP contribution is -2.51. The van der Waals surface area contributed by atoms with Gasteiger partial charge in [0.1, 0.15) is 12.4 Å². The van der Waals surface area contributed by atoms with E-state index in [1.165, 1.54) is 0 Å². The van der Waals surface area contributed by atoms with E-state index in [1.54, 1.807) is 0 Å². The normalized spacial score (nSPS) is 19.9. The van der Waals surface area contributed by atoms with Crippen LogP contribution in [-0.2, 0) is 0 Å². The van der Waals surface area contributed by atoms with Gasteiger partial charge < -0.3 is 15.4 Å². The maximum atomic E-state index is 5.85. The van der Waals surface area contributed by atoms with E-state index in [1.807, 2.05) is 24.3 Å². The highest BCUT2D eigenvalue weighted by atomic mass is 16.5. The highest BCUT2D eigenvalue weighted by Gasteiger charge is 2.20. The number of nitrogens with two attached hydrogens (primary N) is 1. The quantitative estimate of drug-likeness (QED) is 0.839. The molecule has 1 heterocycles. The average molecular weight is 287 g/mol. The first kappa shape index (κ1) is 15.8. The van der Waals surface area contributed by atoms with Crippen molar-refractivity contribution in [3.8, 4) is 17.6 Å². The molecular weight excluding hydrogens is 262 g/mol. The lowest BCUT2D eigenvalue weighted by molar-refractivity contribution is 0.0858. The minimum Gasteiger partial charge on any atom is -0.492 e. The predicted molar refractivity (Wildman–Crippen MR) is 86.4 cm³/mol. The zero-order valence-electron chi connectivity index (χ0n) is 13.0. The van der Waals surface area contributed by atoms with Crippen LogP contribution in [0.5, 0.6) is 5.75 Å². The average Bonchev–Trinajstić information content (AvgIpc) is 2.48. The molecule has 21 heavy (non-hydrogen) atoms. The molecule has 0 aromatic heterocycles. The SMILES string of the molecule is CC1CN(C)CCN1CCOc1cccc(C#CCN)c1. The van der Waals surface area contributed by atoms with Gasteiger partial charge in [0.2, 0.25) is 0 Å². The van der Waals surface area contributed by atoms with E-state index in [2.05, 4.69) is 35.6 Å². The summed E-state index contributed by atoms with van der Waals surface area (Å²) < 4.78 is 5.85. The molecule has 2 N–H and O–H groups in total. The minimum absolute atomic E-state index is 0.381. The number of hydrogen-bond acceptors (Lipinski definition) is 4. The molecule has 1 aliphatic heterocycles. The highest BCUT2D eigenvalue weighted by Crippen LogP contribution is 2.13. The summed E-state index contributed by atoms with van der Waals surface area (Å²) in [4.78, 5) is 4.86. The van der Waals surface area contributed by atoms with Gasteiger partial charge in [-0.2, -0.15) is 0 Å². The molecule has 1 saturated heterocycles. The topological polar surface area (TPSA) is 41.7 Å². The number of hydrogen-bond donors (Lipinski definition) is 1. The minimum atomic E-state index is 0.381. The van der Waals surface area contributed by atoms with Crippen molar-refractivity contribution >= 4 is 0 Å². The van der Waals surface area contributed by atoms with Gasteiger partial charge in [-0.3, -0.25) is 4.90 Å². The maximum absolute atomic E-state index is 5.85. The molecule has 2 rings (SSSR count). The van der Waals surface area contributed by atoms with Crippen LogP contribution < -0.4 is 10.5 Å². The molecule has 0 saturated carbocycles. The van der Waals surface area contributed by atoms with Crippen molar-refractivity contribution in [2.75, 3.05) is 46.4 Å². The number of ether oxygens (including phenoxy) is 1. The number of likely N-dealkylation sites (N-methyl/N-ethyl adjacent to an activating group) is 1. The van der Waals surface area contributed by atoms with Crippen molar-refractivity contribution < 1.29 is 4.74 Å². The Hall–Kier alpha value is -1.54. The molecule has 0 spiro atoms. The van der Waals surface area contributed by atoms with E-state index >= 15 is 0 Å². The molecule has 4 nitrogen and oxygen atoms in total. The Balaban J connectivity index is 1.80. The zero-order chi connectivity index (χ0) is 15.1. The lowest BCUT2D eigenvalue weighted by atomic mass is 10.2. The van der Waals surface area contributed by atoms with Gasteiger partial charge in [-0.15, -0.1) is 0 Å².